The summed E-state index contributed by atoms with van der Waals surface area (Å²) in [7, 11) is 0. The van der Waals surface area contributed by atoms with Gasteiger partial charge in [0.2, 0.25) is 0 Å². The van der Waals surface area contributed by atoms with Crippen LogP contribution in [0.25, 0.3) is 0 Å². The van der Waals surface area contributed by atoms with Crippen LogP contribution < -0.4 is 0 Å². The minimum atomic E-state index is -0.161. The number of rotatable bonds is 5. The number of nitriles is 1. The largest absolute Gasteiger partial charge is 0.373 e. The minimum absolute atomic E-state index is 0.161. The third kappa shape index (κ3) is 5.52. The Hall–Kier alpha value is -0.590. The Kier molecular flexibility index (Phi) is 5.42. The van der Waals surface area contributed by atoms with Crippen molar-refractivity contribution in [2.75, 3.05) is 19.6 Å². The molecule has 0 N–H and O–H groups in total. The maximum absolute atomic E-state index is 8.93. The van der Waals surface area contributed by atoms with Gasteiger partial charge in [0.25, 0.3) is 0 Å². The first-order chi connectivity index (χ1) is 7.93. The second-order valence-electron chi connectivity index (χ2n) is 5.97. The Morgan fingerprint density at radius 3 is 2.35 bits per heavy atom. The molecule has 0 aliphatic carbocycles. The van der Waals surface area contributed by atoms with Crippen molar-refractivity contribution >= 4 is 0 Å². The standard InChI is InChI=1S/C14H26N2O/c1-12-9-16(10-13(2)17-12)8-6-5-7-14(3,4)11-15/h12-13H,5-10H2,1-4H3. The molecule has 98 valence electrons. The van der Waals surface area contributed by atoms with Gasteiger partial charge in [-0.25, -0.2) is 0 Å². The van der Waals surface area contributed by atoms with Crippen LogP contribution in [0, 0.1) is 16.7 Å². The van der Waals surface area contributed by atoms with Crippen LogP contribution in [0.3, 0.4) is 0 Å². The van der Waals surface area contributed by atoms with E-state index in [1.54, 1.807) is 0 Å². The van der Waals surface area contributed by atoms with Crippen molar-refractivity contribution in [2.24, 2.45) is 5.41 Å². The maximum Gasteiger partial charge on any atom is 0.0683 e. The molecule has 0 aromatic rings. The van der Waals surface area contributed by atoms with E-state index in [9.17, 15) is 0 Å². The molecule has 2 atom stereocenters. The second-order valence-corrected chi connectivity index (χ2v) is 5.97. The van der Waals surface area contributed by atoms with Crippen molar-refractivity contribution in [1.82, 2.24) is 4.90 Å². The lowest BCUT2D eigenvalue weighted by Gasteiger charge is -2.35. The van der Waals surface area contributed by atoms with Gasteiger partial charge < -0.3 is 4.74 Å². The molecule has 1 aliphatic heterocycles. The van der Waals surface area contributed by atoms with Gasteiger partial charge in [-0.15, -0.1) is 0 Å². The van der Waals surface area contributed by atoms with E-state index in [4.69, 9.17) is 10.00 Å². The van der Waals surface area contributed by atoms with Crippen LogP contribution in [0.1, 0.15) is 47.0 Å². The van der Waals surface area contributed by atoms with E-state index in [1.807, 2.05) is 13.8 Å². The highest BCUT2D eigenvalue weighted by Crippen LogP contribution is 2.22. The summed E-state index contributed by atoms with van der Waals surface area (Å²) in [6, 6.07) is 2.36. The molecule has 0 bridgehead atoms. The average molecular weight is 238 g/mol. The van der Waals surface area contributed by atoms with Crippen molar-refractivity contribution in [3.63, 3.8) is 0 Å². The molecule has 2 unspecified atom stereocenters. The summed E-state index contributed by atoms with van der Waals surface area (Å²) in [5.74, 6) is 0. The third-order valence-corrected chi connectivity index (χ3v) is 3.32. The molecule has 3 nitrogen and oxygen atoms in total. The predicted octanol–water partition coefficient (Wildman–Crippen LogP) is 2.82. The summed E-state index contributed by atoms with van der Waals surface area (Å²) in [6.45, 7) is 11.6. The van der Waals surface area contributed by atoms with E-state index in [0.717, 1.165) is 32.5 Å². The quantitative estimate of drug-likeness (QED) is 0.691. The zero-order valence-electron chi connectivity index (χ0n) is 11.7. The first-order valence-electron chi connectivity index (χ1n) is 6.72. The number of ether oxygens (including phenoxy) is 1. The topological polar surface area (TPSA) is 36.3 Å². The van der Waals surface area contributed by atoms with Crippen LogP contribution in [0.15, 0.2) is 0 Å². The Morgan fingerprint density at radius 1 is 1.24 bits per heavy atom. The van der Waals surface area contributed by atoms with Crippen LogP contribution in [-0.2, 0) is 4.74 Å². The number of morpholine rings is 1. The summed E-state index contributed by atoms with van der Waals surface area (Å²) in [6.07, 6.45) is 4.04. The van der Waals surface area contributed by atoms with E-state index in [1.165, 1.54) is 6.42 Å². The fourth-order valence-corrected chi connectivity index (χ4v) is 2.43. The predicted molar refractivity (Wildman–Crippen MR) is 69.7 cm³/mol. The van der Waals surface area contributed by atoms with E-state index >= 15 is 0 Å². The molecule has 1 saturated heterocycles. The average Bonchev–Trinajstić information content (AvgIpc) is 2.23. The smallest absolute Gasteiger partial charge is 0.0683 e. The fourth-order valence-electron chi connectivity index (χ4n) is 2.43. The van der Waals surface area contributed by atoms with Crippen molar-refractivity contribution < 1.29 is 4.74 Å². The zero-order valence-corrected chi connectivity index (χ0v) is 11.7. The molecule has 17 heavy (non-hydrogen) atoms. The summed E-state index contributed by atoms with van der Waals surface area (Å²) in [4.78, 5) is 2.48. The lowest BCUT2D eigenvalue weighted by atomic mass is 9.89. The van der Waals surface area contributed by atoms with Crippen molar-refractivity contribution in [3.8, 4) is 6.07 Å². The van der Waals surface area contributed by atoms with Gasteiger partial charge in [-0.05, 0) is 47.1 Å². The first-order valence-corrected chi connectivity index (χ1v) is 6.72. The summed E-state index contributed by atoms with van der Waals surface area (Å²) >= 11 is 0. The van der Waals surface area contributed by atoms with E-state index in [2.05, 4.69) is 24.8 Å². The van der Waals surface area contributed by atoms with Gasteiger partial charge in [-0.2, -0.15) is 5.26 Å². The van der Waals surface area contributed by atoms with Crippen LogP contribution >= 0.6 is 0 Å². The third-order valence-electron chi connectivity index (χ3n) is 3.32. The Labute approximate surface area is 106 Å². The molecule has 0 radical (unpaired) electrons. The number of hydrogen-bond donors (Lipinski definition) is 0. The molecule has 0 amide bonds. The highest BCUT2D eigenvalue weighted by atomic mass is 16.5. The molecule has 0 aromatic carbocycles. The lowest BCUT2D eigenvalue weighted by molar-refractivity contribution is -0.0682. The number of nitrogens with zero attached hydrogens (tertiary/aromatic N) is 2. The van der Waals surface area contributed by atoms with E-state index in [-0.39, 0.29) is 5.41 Å². The van der Waals surface area contributed by atoms with Gasteiger partial charge in [0.05, 0.1) is 23.7 Å². The molecule has 1 heterocycles. The van der Waals surface area contributed by atoms with Gasteiger partial charge in [0.15, 0.2) is 0 Å². The van der Waals surface area contributed by atoms with Crippen molar-refractivity contribution in [2.45, 2.75) is 59.2 Å². The SMILES string of the molecule is CC1CN(CCCCC(C)(C)C#N)CC(C)O1. The van der Waals surface area contributed by atoms with Gasteiger partial charge in [0.1, 0.15) is 0 Å². The first kappa shape index (κ1) is 14.5. The fraction of sp³-hybridized carbons (Fsp3) is 0.929. The summed E-state index contributed by atoms with van der Waals surface area (Å²) in [5, 5.41) is 8.93. The van der Waals surface area contributed by atoms with Crippen molar-refractivity contribution in [3.05, 3.63) is 0 Å². The van der Waals surface area contributed by atoms with Crippen molar-refractivity contribution in [1.29, 1.82) is 5.26 Å². The highest BCUT2D eigenvalue weighted by molar-refractivity contribution is 4.91. The highest BCUT2D eigenvalue weighted by Gasteiger charge is 2.22. The minimum Gasteiger partial charge on any atom is -0.373 e. The Bertz CT molecular complexity index is 260. The molecule has 0 spiro atoms. The van der Waals surface area contributed by atoms with Gasteiger partial charge in [-0.3, -0.25) is 4.90 Å². The molecular formula is C14H26N2O. The van der Waals surface area contributed by atoms with Gasteiger partial charge in [-0.1, -0.05) is 6.42 Å². The van der Waals surface area contributed by atoms with Gasteiger partial charge >= 0.3 is 0 Å². The normalized spacial score (nSPS) is 26.8. The molecule has 3 heteroatoms. The zero-order chi connectivity index (χ0) is 12.9. The molecular weight excluding hydrogens is 212 g/mol. The maximum atomic E-state index is 8.93. The number of hydrogen-bond acceptors (Lipinski definition) is 3. The molecule has 0 saturated carbocycles. The lowest BCUT2D eigenvalue weighted by Crippen LogP contribution is -2.45. The second kappa shape index (κ2) is 6.37. The van der Waals surface area contributed by atoms with Crippen LogP contribution in [-0.4, -0.2) is 36.7 Å². The van der Waals surface area contributed by atoms with Gasteiger partial charge in [0, 0.05) is 13.1 Å². The molecule has 1 aliphatic rings. The van der Waals surface area contributed by atoms with E-state index < -0.39 is 0 Å². The summed E-state index contributed by atoms with van der Waals surface area (Å²) in [5.41, 5.74) is -0.161. The van der Waals surface area contributed by atoms with E-state index in [0.29, 0.717) is 12.2 Å². The molecule has 1 rings (SSSR count). The Balaban J connectivity index is 2.17. The molecule has 1 fully saturated rings. The van der Waals surface area contributed by atoms with Crippen LogP contribution in [0.2, 0.25) is 0 Å². The Morgan fingerprint density at radius 2 is 1.82 bits per heavy atom. The van der Waals surface area contributed by atoms with Crippen LogP contribution in [0.5, 0.6) is 0 Å². The molecule has 0 aromatic heterocycles. The summed E-state index contributed by atoms with van der Waals surface area (Å²) < 4.78 is 5.71. The van der Waals surface area contributed by atoms with Crippen LogP contribution in [0.4, 0.5) is 0 Å². The number of unbranched alkanes of at least 4 members (excludes halogenated alkanes) is 1. The monoisotopic (exact) mass is 238 g/mol.